The molecule has 0 unspecified atom stereocenters. The SMILES string of the molecule is CC(C)COc1ccc(C(=O)NC(=S)Nc2ccccc2C(=O)NC(C)(C)C)cc1Br. The maximum absolute atomic E-state index is 12.6. The van der Waals surface area contributed by atoms with Gasteiger partial charge in [0.1, 0.15) is 5.75 Å². The van der Waals surface area contributed by atoms with Crippen molar-refractivity contribution in [3.8, 4) is 5.75 Å². The van der Waals surface area contributed by atoms with Gasteiger partial charge in [-0.2, -0.15) is 0 Å². The molecule has 0 aliphatic heterocycles. The zero-order valence-corrected chi connectivity index (χ0v) is 20.7. The summed E-state index contributed by atoms with van der Waals surface area (Å²) in [6.45, 7) is 10.4. The highest BCUT2D eigenvalue weighted by Crippen LogP contribution is 2.26. The van der Waals surface area contributed by atoms with Crippen LogP contribution in [0.4, 0.5) is 5.69 Å². The van der Waals surface area contributed by atoms with E-state index in [1.165, 1.54) is 0 Å². The van der Waals surface area contributed by atoms with Crippen molar-refractivity contribution in [2.24, 2.45) is 5.92 Å². The van der Waals surface area contributed by atoms with Crippen molar-refractivity contribution in [2.75, 3.05) is 11.9 Å². The number of thiocarbonyl (C=S) groups is 1. The third-order valence-corrected chi connectivity index (χ3v) is 4.73. The van der Waals surface area contributed by atoms with Gasteiger partial charge in [-0.15, -0.1) is 0 Å². The fourth-order valence-electron chi connectivity index (χ4n) is 2.54. The summed E-state index contributed by atoms with van der Waals surface area (Å²) in [5.74, 6) is 0.465. The van der Waals surface area contributed by atoms with Crippen LogP contribution in [0.15, 0.2) is 46.9 Å². The highest BCUT2D eigenvalue weighted by Gasteiger charge is 2.19. The molecule has 6 nitrogen and oxygen atoms in total. The standard InChI is InChI=1S/C23H28BrN3O3S/c1-14(2)13-30-19-11-10-15(12-17(19)24)20(28)26-22(31)25-18-9-7-6-8-16(18)21(29)27-23(3,4)5/h6-12,14H,13H2,1-5H3,(H,27,29)(H2,25,26,28,31). The van der Waals surface area contributed by atoms with Crippen LogP contribution in [-0.4, -0.2) is 29.1 Å². The van der Waals surface area contributed by atoms with Crippen molar-refractivity contribution in [2.45, 2.75) is 40.2 Å². The van der Waals surface area contributed by atoms with Gasteiger partial charge >= 0.3 is 0 Å². The van der Waals surface area contributed by atoms with Crippen molar-refractivity contribution >= 4 is 50.8 Å². The first kappa shape index (κ1) is 24.8. The van der Waals surface area contributed by atoms with E-state index < -0.39 is 0 Å². The smallest absolute Gasteiger partial charge is 0.257 e. The number of para-hydroxylation sites is 1. The summed E-state index contributed by atoms with van der Waals surface area (Å²) in [5.41, 5.74) is 0.987. The Bertz CT molecular complexity index is 971. The predicted molar refractivity (Wildman–Crippen MR) is 132 cm³/mol. The second-order valence-electron chi connectivity index (χ2n) is 8.51. The van der Waals surface area contributed by atoms with Gasteiger partial charge in [-0.25, -0.2) is 0 Å². The molecule has 0 aliphatic carbocycles. The van der Waals surface area contributed by atoms with E-state index in [1.54, 1.807) is 42.5 Å². The molecule has 8 heteroatoms. The molecule has 2 rings (SSSR count). The van der Waals surface area contributed by atoms with Crippen LogP contribution < -0.4 is 20.7 Å². The molecule has 0 fully saturated rings. The zero-order valence-electron chi connectivity index (χ0n) is 18.3. The highest BCUT2D eigenvalue weighted by molar-refractivity contribution is 9.10. The molecular weight excluding hydrogens is 478 g/mol. The molecule has 0 spiro atoms. The number of benzene rings is 2. The number of hydrogen-bond acceptors (Lipinski definition) is 4. The van der Waals surface area contributed by atoms with Crippen LogP contribution in [0.1, 0.15) is 55.3 Å². The number of carbonyl (C=O) groups excluding carboxylic acids is 2. The number of anilines is 1. The first-order valence-electron chi connectivity index (χ1n) is 9.92. The van der Waals surface area contributed by atoms with Gasteiger partial charge in [-0.05, 0) is 85.2 Å². The maximum atomic E-state index is 12.6. The molecule has 3 N–H and O–H groups in total. The van der Waals surface area contributed by atoms with E-state index in [0.717, 1.165) is 0 Å². The average Bonchev–Trinajstić information content (AvgIpc) is 2.65. The lowest BCUT2D eigenvalue weighted by Gasteiger charge is -2.21. The molecule has 0 aliphatic rings. The monoisotopic (exact) mass is 505 g/mol. The van der Waals surface area contributed by atoms with Gasteiger partial charge in [-0.1, -0.05) is 26.0 Å². The van der Waals surface area contributed by atoms with Crippen molar-refractivity contribution < 1.29 is 14.3 Å². The normalized spacial score (nSPS) is 11.1. The lowest BCUT2D eigenvalue weighted by molar-refractivity contribution is 0.0919. The number of hydrogen-bond donors (Lipinski definition) is 3. The van der Waals surface area contributed by atoms with Crippen molar-refractivity contribution in [1.82, 2.24) is 10.6 Å². The Balaban J connectivity index is 2.06. The van der Waals surface area contributed by atoms with Crippen LogP contribution in [0.5, 0.6) is 5.75 Å². The Morgan fingerprint density at radius 3 is 2.39 bits per heavy atom. The molecule has 0 atom stereocenters. The Morgan fingerprint density at radius 1 is 1.10 bits per heavy atom. The molecule has 0 heterocycles. The van der Waals surface area contributed by atoms with Gasteiger partial charge in [0, 0.05) is 11.1 Å². The third-order valence-electron chi connectivity index (χ3n) is 3.90. The third kappa shape index (κ3) is 7.95. The van der Waals surface area contributed by atoms with Crippen molar-refractivity contribution in [3.63, 3.8) is 0 Å². The predicted octanol–water partition coefficient (Wildman–Crippen LogP) is 5.14. The van der Waals surface area contributed by atoms with Gasteiger partial charge in [0.05, 0.1) is 22.3 Å². The number of nitrogens with one attached hydrogen (secondary N) is 3. The van der Waals surface area contributed by atoms with E-state index in [2.05, 4.69) is 45.7 Å². The number of amides is 2. The molecule has 2 amide bonds. The summed E-state index contributed by atoms with van der Waals surface area (Å²) in [6.07, 6.45) is 0. The van der Waals surface area contributed by atoms with Gasteiger partial charge in [0.15, 0.2) is 5.11 Å². The van der Waals surface area contributed by atoms with E-state index >= 15 is 0 Å². The highest BCUT2D eigenvalue weighted by atomic mass is 79.9. The fourth-order valence-corrected chi connectivity index (χ4v) is 3.24. The Hall–Kier alpha value is -2.45. The van der Waals surface area contributed by atoms with Crippen LogP contribution in [0.3, 0.4) is 0 Å². The fraction of sp³-hybridized carbons (Fsp3) is 0.348. The minimum absolute atomic E-state index is 0.0947. The molecule has 0 aromatic heterocycles. The largest absolute Gasteiger partial charge is 0.492 e. The average molecular weight is 506 g/mol. The summed E-state index contributed by atoms with van der Waals surface area (Å²) in [7, 11) is 0. The van der Waals surface area contributed by atoms with E-state index in [-0.39, 0.29) is 22.5 Å². The number of rotatable bonds is 6. The summed E-state index contributed by atoms with van der Waals surface area (Å²) in [4.78, 5) is 25.2. The Morgan fingerprint density at radius 2 is 1.77 bits per heavy atom. The van der Waals surface area contributed by atoms with Crippen molar-refractivity contribution in [3.05, 3.63) is 58.1 Å². The molecule has 2 aromatic rings. The van der Waals surface area contributed by atoms with Crippen LogP contribution in [0.2, 0.25) is 0 Å². The molecule has 31 heavy (non-hydrogen) atoms. The van der Waals surface area contributed by atoms with Gasteiger partial charge < -0.3 is 15.4 Å². The molecule has 166 valence electrons. The first-order valence-corrected chi connectivity index (χ1v) is 11.1. The molecule has 0 bridgehead atoms. The lowest BCUT2D eigenvalue weighted by atomic mass is 10.1. The van der Waals surface area contributed by atoms with E-state index in [9.17, 15) is 9.59 Å². The topological polar surface area (TPSA) is 79.5 Å². The van der Waals surface area contributed by atoms with Gasteiger partial charge in [0.25, 0.3) is 11.8 Å². The Kier molecular flexibility index (Phi) is 8.59. The van der Waals surface area contributed by atoms with Gasteiger partial charge in [0.2, 0.25) is 0 Å². The summed E-state index contributed by atoms with van der Waals surface area (Å²) < 4.78 is 6.39. The van der Waals surface area contributed by atoms with E-state index in [4.69, 9.17) is 17.0 Å². The van der Waals surface area contributed by atoms with Crippen LogP contribution >= 0.6 is 28.1 Å². The summed E-state index contributed by atoms with van der Waals surface area (Å²) in [6, 6.07) is 12.1. The molecule has 2 aromatic carbocycles. The molecule has 0 saturated heterocycles. The molecular formula is C23H28BrN3O3S. The summed E-state index contributed by atoms with van der Waals surface area (Å²) in [5, 5.41) is 8.60. The summed E-state index contributed by atoms with van der Waals surface area (Å²) >= 11 is 8.72. The Labute approximate surface area is 197 Å². The number of halogens is 1. The quantitative estimate of drug-likeness (QED) is 0.473. The maximum Gasteiger partial charge on any atom is 0.257 e. The lowest BCUT2D eigenvalue weighted by Crippen LogP contribution is -2.41. The van der Waals surface area contributed by atoms with E-state index in [0.29, 0.717) is 39.6 Å². The van der Waals surface area contributed by atoms with Crippen molar-refractivity contribution in [1.29, 1.82) is 0 Å². The molecule has 0 radical (unpaired) electrons. The van der Waals surface area contributed by atoms with Crippen LogP contribution in [-0.2, 0) is 0 Å². The van der Waals surface area contributed by atoms with Crippen LogP contribution in [0, 0.1) is 5.92 Å². The van der Waals surface area contributed by atoms with E-state index in [1.807, 2.05) is 20.8 Å². The van der Waals surface area contributed by atoms with Gasteiger partial charge in [-0.3, -0.25) is 14.9 Å². The van der Waals surface area contributed by atoms with Crippen LogP contribution in [0.25, 0.3) is 0 Å². The first-order chi connectivity index (χ1) is 14.5. The second-order valence-corrected chi connectivity index (χ2v) is 9.77. The number of carbonyl (C=O) groups is 2. The second kappa shape index (κ2) is 10.7. The minimum atomic E-state index is -0.378. The molecule has 0 saturated carbocycles. The number of ether oxygens (including phenoxy) is 1. The zero-order chi connectivity index (χ0) is 23.2. The minimum Gasteiger partial charge on any atom is -0.492 e.